The molecule has 0 aliphatic carbocycles. The molecule has 0 aliphatic rings. The van der Waals surface area contributed by atoms with Crippen molar-refractivity contribution in [3.8, 4) is 0 Å². The van der Waals surface area contributed by atoms with Crippen LogP contribution < -0.4 is 10.6 Å². The zero-order chi connectivity index (χ0) is 22.2. The molecule has 164 valence electrons. The zero-order valence-electron chi connectivity index (χ0n) is 17.4. The number of nitrogens with one attached hydrogen (secondary N) is 2. The molecule has 1 aromatic carbocycles. The Hall–Kier alpha value is -2.29. The molecule has 0 fully saturated rings. The van der Waals surface area contributed by atoms with Crippen LogP contribution >= 0.6 is 0 Å². The summed E-state index contributed by atoms with van der Waals surface area (Å²) in [5.74, 6) is -0.733. The van der Waals surface area contributed by atoms with Crippen LogP contribution in [-0.2, 0) is 27.4 Å². The number of alkyl carbamates (subject to hydrolysis) is 1. The van der Waals surface area contributed by atoms with Crippen LogP contribution in [0.15, 0.2) is 24.3 Å². The molecule has 2 atom stereocenters. The van der Waals surface area contributed by atoms with E-state index in [1.54, 1.807) is 58.9 Å². The topological polar surface area (TPSA) is 76.7 Å². The summed E-state index contributed by atoms with van der Waals surface area (Å²) in [4.78, 5) is 24.1. The number of hydrogen-bond acceptors (Lipinski definition) is 4. The van der Waals surface area contributed by atoms with Crippen molar-refractivity contribution in [2.75, 3.05) is 6.61 Å². The van der Waals surface area contributed by atoms with E-state index in [0.29, 0.717) is 5.56 Å². The largest absolute Gasteiger partial charge is 0.444 e. The van der Waals surface area contributed by atoms with Crippen molar-refractivity contribution in [1.29, 1.82) is 0 Å². The van der Waals surface area contributed by atoms with Gasteiger partial charge in [0.1, 0.15) is 12.2 Å². The van der Waals surface area contributed by atoms with Gasteiger partial charge in [-0.2, -0.15) is 13.2 Å². The molecule has 1 rings (SSSR count). The Balaban J connectivity index is 2.43. The first-order valence-corrected chi connectivity index (χ1v) is 9.26. The SMILES string of the molecule is C[C@H](NC(=O)OC(C)(C)C)[C@H](C)C(=O)NCc1ccc(COCC(F)(F)F)cc1. The Labute approximate surface area is 169 Å². The number of rotatable bonds is 8. The second-order valence-corrected chi connectivity index (χ2v) is 7.87. The molecule has 0 spiro atoms. The first-order chi connectivity index (χ1) is 13.3. The van der Waals surface area contributed by atoms with Gasteiger partial charge in [0.15, 0.2) is 0 Å². The molecule has 2 amide bonds. The van der Waals surface area contributed by atoms with Gasteiger partial charge < -0.3 is 20.1 Å². The van der Waals surface area contributed by atoms with E-state index < -0.39 is 36.4 Å². The van der Waals surface area contributed by atoms with E-state index >= 15 is 0 Å². The highest BCUT2D eigenvalue weighted by atomic mass is 19.4. The lowest BCUT2D eigenvalue weighted by Gasteiger charge is -2.24. The molecule has 0 aliphatic heterocycles. The van der Waals surface area contributed by atoms with Crippen LogP contribution in [0.1, 0.15) is 45.7 Å². The summed E-state index contributed by atoms with van der Waals surface area (Å²) in [6.45, 7) is 7.48. The van der Waals surface area contributed by atoms with Gasteiger partial charge in [-0.1, -0.05) is 31.2 Å². The maximum Gasteiger partial charge on any atom is 0.411 e. The zero-order valence-corrected chi connectivity index (χ0v) is 17.4. The van der Waals surface area contributed by atoms with Gasteiger partial charge in [-0.15, -0.1) is 0 Å². The van der Waals surface area contributed by atoms with Gasteiger partial charge in [0.25, 0.3) is 0 Å². The molecule has 0 aromatic heterocycles. The standard InChI is InChI=1S/C20H29F3N2O4/c1-13(14(2)25-18(27)29-19(3,4)5)17(26)24-10-15-6-8-16(9-7-15)11-28-12-20(21,22)23/h6-9,13-14H,10-12H2,1-5H3,(H,24,26)(H,25,27)/t13-,14-/m0/s1. The Morgan fingerprint density at radius 2 is 1.59 bits per heavy atom. The fourth-order valence-electron chi connectivity index (χ4n) is 2.23. The highest BCUT2D eigenvalue weighted by molar-refractivity contribution is 5.80. The molecule has 0 heterocycles. The summed E-state index contributed by atoms with van der Waals surface area (Å²) in [5.41, 5.74) is 0.768. The molecule has 29 heavy (non-hydrogen) atoms. The second-order valence-electron chi connectivity index (χ2n) is 7.87. The van der Waals surface area contributed by atoms with Crippen molar-refractivity contribution in [2.45, 2.75) is 65.6 Å². The minimum atomic E-state index is -4.35. The number of ether oxygens (including phenoxy) is 2. The van der Waals surface area contributed by atoms with Crippen molar-refractivity contribution in [3.05, 3.63) is 35.4 Å². The quantitative estimate of drug-likeness (QED) is 0.671. The van der Waals surface area contributed by atoms with Crippen LogP contribution in [0, 0.1) is 5.92 Å². The number of hydrogen-bond donors (Lipinski definition) is 2. The normalized spacial score (nSPS) is 14.1. The van der Waals surface area contributed by atoms with Crippen LogP contribution in [0.2, 0.25) is 0 Å². The second kappa shape index (κ2) is 10.5. The summed E-state index contributed by atoms with van der Waals surface area (Å²) >= 11 is 0. The molecule has 0 radical (unpaired) electrons. The Bertz CT molecular complexity index is 670. The van der Waals surface area contributed by atoms with E-state index in [1.807, 2.05) is 0 Å². The monoisotopic (exact) mass is 418 g/mol. The first kappa shape index (κ1) is 24.7. The van der Waals surface area contributed by atoms with Crippen LogP contribution in [0.25, 0.3) is 0 Å². The van der Waals surface area contributed by atoms with Crippen LogP contribution in [0.3, 0.4) is 0 Å². The number of carbonyl (C=O) groups excluding carboxylic acids is 2. The lowest BCUT2D eigenvalue weighted by molar-refractivity contribution is -0.176. The lowest BCUT2D eigenvalue weighted by Crippen LogP contribution is -2.45. The summed E-state index contributed by atoms with van der Waals surface area (Å²) < 4.78 is 46.0. The van der Waals surface area contributed by atoms with Gasteiger partial charge in [0.05, 0.1) is 12.5 Å². The van der Waals surface area contributed by atoms with Crippen molar-refractivity contribution in [1.82, 2.24) is 10.6 Å². The van der Waals surface area contributed by atoms with Gasteiger partial charge >= 0.3 is 12.3 Å². The van der Waals surface area contributed by atoms with Crippen LogP contribution in [-0.4, -0.2) is 36.4 Å². The van der Waals surface area contributed by atoms with Gasteiger partial charge in [-0.05, 0) is 38.8 Å². The fraction of sp³-hybridized carbons (Fsp3) is 0.600. The highest BCUT2D eigenvalue weighted by Gasteiger charge is 2.27. The molecule has 0 saturated carbocycles. The number of amides is 2. The molecular weight excluding hydrogens is 389 g/mol. The van der Waals surface area contributed by atoms with E-state index in [2.05, 4.69) is 15.4 Å². The van der Waals surface area contributed by atoms with Gasteiger partial charge in [0, 0.05) is 12.6 Å². The fourth-order valence-corrected chi connectivity index (χ4v) is 2.23. The first-order valence-electron chi connectivity index (χ1n) is 9.26. The molecule has 9 heteroatoms. The molecule has 6 nitrogen and oxygen atoms in total. The van der Waals surface area contributed by atoms with Crippen LogP contribution in [0.5, 0.6) is 0 Å². The van der Waals surface area contributed by atoms with E-state index in [-0.39, 0.29) is 19.1 Å². The minimum absolute atomic E-state index is 0.142. The van der Waals surface area contributed by atoms with E-state index in [0.717, 1.165) is 5.56 Å². The Kier molecular flexibility index (Phi) is 8.94. The Morgan fingerprint density at radius 3 is 2.10 bits per heavy atom. The number of carbonyl (C=O) groups is 2. The molecular formula is C20H29F3N2O4. The van der Waals surface area contributed by atoms with Crippen molar-refractivity contribution >= 4 is 12.0 Å². The summed E-state index contributed by atoms with van der Waals surface area (Å²) in [6, 6.07) is 6.28. The number of benzene rings is 1. The Morgan fingerprint density at radius 1 is 1.03 bits per heavy atom. The van der Waals surface area contributed by atoms with E-state index in [9.17, 15) is 22.8 Å². The molecule has 0 saturated heterocycles. The predicted octanol–water partition coefficient (Wildman–Crippen LogP) is 3.93. The van der Waals surface area contributed by atoms with E-state index in [4.69, 9.17) is 4.74 Å². The highest BCUT2D eigenvalue weighted by Crippen LogP contribution is 2.16. The van der Waals surface area contributed by atoms with Crippen molar-refractivity contribution < 1.29 is 32.2 Å². The predicted molar refractivity (Wildman–Crippen MR) is 102 cm³/mol. The maximum absolute atomic E-state index is 12.3. The number of alkyl halides is 3. The third kappa shape index (κ3) is 10.7. The van der Waals surface area contributed by atoms with E-state index in [1.165, 1.54) is 0 Å². The van der Waals surface area contributed by atoms with Crippen LogP contribution in [0.4, 0.5) is 18.0 Å². The lowest BCUT2D eigenvalue weighted by atomic mass is 10.0. The maximum atomic E-state index is 12.3. The van der Waals surface area contributed by atoms with Gasteiger partial charge in [-0.3, -0.25) is 4.79 Å². The number of halogens is 3. The minimum Gasteiger partial charge on any atom is -0.444 e. The summed E-state index contributed by atoms with van der Waals surface area (Å²) in [6.07, 6.45) is -4.94. The average Bonchev–Trinajstić information content (AvgIpc) is 2.57. The van der Waals surface area contributed by atoms with Crippen molar-refractivity contribution in [2.24, 2.45) is 5.92 Å². The third-order valence-electron chi connectivity index (χ3n) is 3.93. The third-order valence-corrected chi connectivity index (χ3v) is 3.93. The molecule has 0 bridgehead atoms. The van der Waals surface area contributed by atoms with Crippen molar-refractivity contribution in [3.63, 3.8) is 0 Å². The van der Waals surface area contributed by atoms with Gasteiger partial charge in [-0.25, -0.2) is 4.79 Å². The summed E-state index contributed by atoms with van der Waals surface area (Å²) in [7, 11) is 0. The molecule has 2 N–H and O–H groups in total. The van der Waals surface area contributed by atoms with Gasteiger partial charge in [0.2, 0.25) is 5.91 Å². The average molecular weight is 418 g/mol. The summed E-state index contributed by atoms with van der Waals surface area (Å²) in [5, 5.41) is 5.41. The smallest absolute Gasteiger partial charge is 0.411 e. The molecule has 1 aromatic rings. The molecule has 0 unspecified atom stereocenters.